The molecular formula is C12H19NO4. The number of piperidine rings is 1. The first kappa shape index (κ1) is 12.4. The van der Waals surface area contributed by atoms with Gasteiger partial charge in [-0.25, -0.2) is 0 Å². The molecule has 2 aliphatic rings. The highest BCUT2D eigenvalue weighted by Crippen LogP contribution is 2.23. The average molecular weight is 241 g/mol. The van der Waals surface area contributed by atoms with Crippen molar-refractivity contribution < 1.29 is 19.1 Å². The Morgan fingerprint density at radius 2 is 2.35 bits per heavy atom. The molecular weight excluding hydrogens is 222 g/mol. The molecule has 2 fully saturated rings. The normalized spacial score (nSPS) is 30.1. The van der Waals surface area contributed by atoms with Gasteiger partial charge in [0, 0.05) is 13.0 Å². The van der Waals surface area contributed by atoms with Crippen molar-refractivity contribution in [2.75, 3.05) is 26.3 Å². The van der Waals surface area contributed by atoms with Gasteiger partial charge < -0.3 is 9.47 Å². The summed E-state index contributed by atoms with van der Waals surface area (Å²) >= 11 is 0. The molecule has 2 atom stereocenters. The second-order valence-corrected chi connectivity index (χ2v) is 4.56. The predicted octanol–water partition coefficient (Wildman–Crippen LogP) is 0.577. The van der Waals surface area contributed by atoms with E-state index in [0.29, 0.717) is 19.8 Å². The maximum absolute atomic E-state index is 11.7. The summed E-state index contributed by atoms with van der Waals surface area (Å²) in [4.78, 5) is 25.2. The van der Waals surface area contributed by atoms with Crippen molar-refractivity contribution in [2.45, 2.75) is 32.2 Å². The molecule has 0 aromatic rings. The molecule has 96 valence electrons. The van der Waals surface area contributed by atoms with Crippen molar-refractivity contribution in [3.63, 3.8) is 0 Å². The first-order valence-electron chi connectivity index (χ1n) is 6.29. The van der Waals surface area contributed by atoms with E-state index in [0.717, 1.165) is 25.8 Å². The minimum Gasteiger partial charge on any atom is -0.466 e. The van der Waals surface area contributed by atoms with Gasteiger partial charge in [-0.05, 0) is 26.3 Å². The number of esters is 2. The van der Waals surface area contributed by atoms with Crippen LogP contribution < -0.4 is 0 Å². The van der Waals surface area contributed by atoms with E-state index in [1.807, 2.05) is 6.92 Å². The van der Waals surface area contributed by atoms with Crippen LogP contribution in [0.5, 0.6) is 0 Å². The highest BCUT2D eigenvalue weighted by Gasteiger charge is 2.37. The molecule has 5 nitrogen and oxygen atoms in total. The summed E-state index contributed by atoms with van der Waals surface area (Å²) in [7, 11) is 0. The van der Waals surface area contributed by atoms with Gasteiger partial charge in [0.1, 0.15) is 6.04 Å². The summed E-state index contributed by atoms with van der Waals surface area (Å²) in [6.07, 6.45) is 2.54. The molecule has 0 bridgehead atoms. The fraction of sp³-hybridized carbons (Fsp3) is 0.833. The lowest BCUT2D eigenvalue weighted by Gasteiger charge is -2.33. The van der Waals surface area contributed by atoms with Crippen LogP contribution in [-0.4, -0.2) is 49.2 Å². The standard InChI is InChI=1S/C12H19NO4/c1-2-16-11(14)9-4-3-6-13(8-9)10-5-7-17-12(10)15/h9-10H,2-8H2,1H3/t9-,10?/m1/s1. The molecule has 5 heteroatoms. The number of carbonyl (C=O) groups excluding carboxylic acids is 2. The number of likely N-dealkylation sites (tertiary alicyclic amines) is 1. The summed E-state index contributed by atoms with van der Waals surface area (Å²) < 4.78 is 10.0. The van der Waals surface area contributed by atoms with Crippen LogP contribution >= 0.6 is 0 Å². The molecule has 2 saturated heterocycles. The van der Waals surface area contributed by atoms with Gasteiger partial charge in [-0.15, -0.1) is 0 Å². The topological polar surface area (TPSA) is 55.8 Å². The molecule has 2 heterocycles. The van der Waals surface area contributed by atoms with Gasteiger partial charge in [-0.2, -0.15) is 0 Å². The first-order chi connectivity index (χ1) is 8.22. The molecule has 0 N–H and O–H groups in total. The zero-order valence-electron chi connectivity index (χ0n) is 10.2. The Hall–Kier alpha value is -1.10. The van der Waals surface area contributed by atoms with Crippen LogP contribution in [0.15, 0.2) is 0 Å². The number of nitrogens with zero attached hydrogens (tertiary/aromatic N) is 1. The summed E-state index contributed by atoms with van der Waals surface area (Å²) in [5, 5.41) is 0. The van der Waals surface area contributed by atoms with Crippen molar-refractivity contribution in [3.05, 3.63) is 0 Å². The maximum Gasteiger partial charge on any atom is 0.323 e. The number of hydrogen-bond donors (Lipinski definition) is 0. The van der Waals surface area contributed by atoms with Crippen LogP contribution in [-0.2, 0) is 19.1 Å². The lowest BCUT2D eigenvalue weighted by atomic mass is 9.96. The van der Waals surface area contributed by atoms with E-state index in [4.69, 9.17) is 9.47 Å². The Morgan fingerprint density at radius 1 is 1.53 bits per heavy atom. The van der Waals surface area contributed by atoms with Gasteiger partial charge in [0.2, 0.25) is 0 Å². The van der Waals surface area contributed by atoms with Crippen LogP contribution in [0.1, 0.15) is 26.2 Å². The van der Waals surface area contributed by atoms with E-state index >= 15 is 0 Å². The second kappa shape index (κ2) is 5.49. The third-order valence-electron chi connectivity index (χ3n) is 3.42. The Labute approximate surface area is 101 Å². The number of hydrogen-bond acceptors (Lipinski definition) is 5. The monoisotopic (exact) mass is 241 g/mol. The van der Waals surface area contributed by atoms with Gasteiger partial charge in [0.25, 0.3) is 0 Å². The predicted molar refractivity (Wildman–Crippen MR) is 60.3 cm³/mol. The fourth-order valence-electron chi connectivity index (χ4n) is 2.56. The Morgan fingerprint density at radius 3 is 3.00 bits per heavy atom. The molecule has 2 rings (SSSR count). The molecule has 0 spiro atoms. The zero-order valence-corrected chi connectivity index (χ0v) is 10.2. The second-order valence-electron chi connectivity index (χ2n) is 4.56. The van der Waals surface area contributed by atoms with Crippen molar-refractivity contribution in [1.29, 1.82) is 0 Å². The van der Waals surface area contributed by atoms with Gasteiger partial charge in [0.05, 0.1) is 19.1 Å². The van der Waals surface area contributed by atoms with Crippen molar-refractivity contribution in [2.24, 2.45) is 5.92 Å². The number of carbonyl (C=O) groups is 2. The number of cyclic esters (lactones) is 1. The minimum atomic E-state index is -0.146. The lowest BCUT2D eigenvalue weighted by molar-refractivity contribution is -0.152. The molecule has 0 aromatic carbocycles. The first-order valence-corrected chi connectivity index (χ1v) is 6.29. The van der Waals surface area contributed by atoms with Crippen LogP contribution in [0.25, 0.3) is 0 Å². The Balaban J connectivity index is 1.92. The molecule has 17 heavy (non-hydrogen) atoms. The molecule has 0 saturated carbocycles. The quantitative estimate of drug-likeness (QED) is 0.676. The van der Waals surface area contributed by atoms with E-state index in [9.17, 15) is 9.59 Å². The van der Waals surface area contributed by atoms with E-state index in [1.165, 1.54) is 0 Å². The highest BCUT2D eigenvalue weighted by molar-refractivity contribution is 5.78. The minimum absolute atomic E-state index is 0.0860. The van der Waals surface area contributed by atoms with Crippen molar-refractivity contribution in [1.82, 2.24) is 4.90 Å². The van der Waals surface area contributed by atoms with E-state index in [1.54, 1.807) is 0 Å². The van der Waals surface area contributed by atoms with Gasteiger partial charge >= 0.3 is 11.9 Å². The smallest absolute Gasteiger partial charge is 0.323 e. The van der Waals surface area contributed by atoms with Gasteiger partial charge in [0.15, 0.2) is 0 Å². The highest BCUT2D eigenvalue weighted by atomic mass is 16.5. The van der Waals surface area contributed by atoms with Crippen molar-refractivity contribution >= 4 is 11.9 Å². The number of rotatable bonds is 3. The van der Waals surface area contributed by atoms with Crippen LogP contribution in [0.4, 0.5) is 0 Å². The third kappa shape index (κ3) is 2.77. The van der Waals surface area contributed by atoms with Crippen LogP contribution in [0, 0.1) is 5.92 Å². The molecule has 2 aliphatic heterocycles. The van der Waals surface area contributed by atoms with Gasteiger partial charge in [-0.3, -0.25) is 14.5 Å². The SMILES string of the molecule is CCOC(=O)[C@@H]1CCCN(C2CCOC2=O)C1. The largest absolute Gasteiger partial charge is 0.466 e. The number of ether oxygens (including phenoxy) is 2. The molecule has 0 aliphatic carbocycles. The maximum atomic E-state index is 11.7. The molecule has 0 radical (unpaired) electrons. The summed E-state index contributed by atoms with van der Waals surface area (Å²) in [6.45, 7) is 4.23. The van der Waals surface area contributed by atoms with E-state index in [2.05, 4.69) is 4.90 Å². The Kier molecular flexibility index (Phi) is 3.99. The van der Waals surface area contributed by atoms with Gasteiger partial charge in [-0.1, -0.05) is 0 Å². The average Bonchev–Trinajstić information content (AvgIpc) is 2.76. The van der Waals surface area contributed by atoms with Crippen LogP contribution in [0.3, 0.4) is 0 Å². The van der Waals surface area contributed by atoms with Crippen molar-refractivity contribution in [3.8, 4) is 0 Å². The summed E-state index contributed by atoms with van der Waals surface area (Å²) in [5.41, 5.74) is 0. The molecule has 1 unspecified atom stereocenters. The fourth-order valence-corrected chi connectivity index (χ4v) is 2.56. The van der Waals surface area contributed by atoms with E-state index < -0.39 is 0 Å². The molecule has 0 aromatic heterocycles. The van der Waals surface area contributed by atoms with E-state index in [-0.39, 0.29) is 23.9 Å². The Bertz CT molecular complexity index is 305. The van der Waals surface area contributed by atoms with Crippen LogP contribution in [0.2, 0.25) is 0 Å². The lowest BCUT2D eigenvalue weighted by Crippen LogP contribution is -2.46. The molecule has 0 amide bonds. The third-order valence-corrected chi connectivity index (χ3v) is 3.42. The summed E-state index contributed by atoms with van der Waals surface area (Å²) in [5.74, 6) is -0.366. The zero-order chi connectivity index (χ0) is 12.3. The summed E-state index contributed by atoms with van der Waals surface area (Å²) in [6, 6.07) is -0.146.